The molecule has 5 nitrogen and oxygen atoms in total. The Hall–Kier alpha value is -1.49. The second kappa shape index (κ2) is 5.65. The molecule has 0 aliphatic rings. The van der Waals surface area contributed by atoms with E-state index >= 15 is 0 Å². The van der Waals surface area contributed by atoms with Crippen LogP contribution in [0.2, 0.25) is 0 Å². The molecule has 5 heteroatoms. The van der Waals surface area contributed by atoms with Crippen molar-refractivity contribution in [1.82, 2.24) is 9.97 Å². The molecule has 1 aromatic heterocycles. The maximum atomic E-state index is 11.1. The van der Waals surface area contributed by atoms with E-state index in [0.717, 1.165) is 6.42 Å². The van der Waals surface area contributed by atoms with E-state index in [1.54, 1.807) is 14.0 Å². The molecule has 0 aliphatic heterocycles. The Labute approximate surface area is 114 Å². The molecule has 0 amide bonds. The molecule has 19 heavy (non-hydrogen) atoms. The molecule has 2 atom stereocenters. The summed E-state index contributed by atoms with van der Waals surface area (Å²) in [6.07, 6.45) is 0.746. The Morgan fingerprint density at radius 1 is 1.37 bits per heavy atom. The zero-order valence-electron chi connectivity index (χ0n) is 12.4. The minimum absolute atomic E-state index is 0.541. The average molecular weight is 266 g/mol. The van der Waals surface area contributed by atoms with Crippen molar-refractivity contribution in [3.8, 4) is 0 Å². The number of aliphatic carboxylic acids is 1. The molecule has 0 spiro atoms. The van der Waals surface area contributed by atoms with Crippen molar-refractivity contribution in [2.75, 3.05) is 7.11 Å². The summed E-state index contributed by atoms with van der Waals surface area (Å²) in [5.74, 6) is -0.870. The fraction of sp³-hybridized carbons (Fsp3) is 0.643. The zero-order chi connectivity index (χ0) is 14.8. The number of rotatable bonds is 5. The smallest absolute Gasteiger partial charge is 0.310 e. The molecule has 1 rings (SSSR count). The summed E-state index contributed by atoms with van der Waals surface area (Å²) in [4.78, 5) is 20.0. The normalized spacial score (nSPS) is 15.9. The Morgan fingerprint density at radius 2 is 1.84 bits per heavy atom. The first kappa shape index (κ1) is 15.6. The maximum Gasteiger partial charge on any atom is 0.310 e. The van der Waals surface area contributed by atoms with Crippen LogP contribution in [0.25, 0.3) is 0 Å². The second-order valence-electron chi connectivity index (χ2n) is 4.98. The van der Waals surface area contributed by atoms with Crippen LogP contribution in [0.1, 0.15) is 55.9 Å². The van der Waals surface area contributed by atoms with Gasteiger partial charge in [0.05, 0.1) is 5.92 Å². The van der Waals surface area contributed by atoms with Gasteiger partial charge in [-0.15, -0.1) is 0 Å². The van der Waals surface area contributed by atoms with Crippen molar-refractivity contribution < 1.29 is 14.6 Å². The number of nitrogens with zero attached hydrogens (tertiary/aromatic N) is 2. The molecule has 0 bridgehead atoms. The first-order valence-corrected chi connectivity index (χ1v) is 6.40. The minimum atomic E-state index is -0.868. The Morgan fingerprint density at radius 3 is 2.16 bits per heavy atom. The van der Waals surface area contributed by atoms with Gasteiger partial charge in [-0.1, -0.05) is 6.92 Å². The number of aromatic nitrogens is 2. The van der Waals surface area contributed by atoms with Crippen molar-refractivity contribution >= 4 is 5.97 Å². The highest BCUT2D eigenvalue weighted by Gasteiger charge is 2.30. The minimum Gasteiger partial charge on any atom is -0.481 e. The molecule has 2 unspecified atom stereocenters. The predicted octanol–water partition coefficient (Wildman–Crippen LogP) is 2.55. The number of carboxylic acid groups (broad SMARTS) is 1. The van der Waals surface area contributed by atoms with Gasteiger partial charge in [0.1, 0.15) is 5.60 Å². The van der Waals surface area contributed by atoms with Gasteiger partial charge in [-0.3, -0.25) is 4.79 Å². The number of ether oxygens (including phenoxy) is 1. The molecule has 0 fully saturated rings. The highest BCUT2D eigenvalue weighted by molar-refractivity contribution is 5.76. The van der Waals surface area contributed by atoms with Gasteiger partial charge in [-0.25, -0.2) is 9.97 Å². The lowest BCUT2D eigenvalue weighted by molar-refractivity contribution is -0.138. The summed E-state index contributed by atoms with van der Waals surface area (Å²) in [6.45, 7) is 9.22. The van der Waals surface area contributed by atoms with E-state index in [2.05, 4.69) is 9.97 Å². The summed E-state index contributed by atoms with van der Waals surface area (Å²) in [7, 11) is 1.63. The van der Waals surface area contributed by atoms with Crippen molar-refractivity contribution in [3.05, 3.63) is 22.8 Å². The zero-order valence-corrected chi connectivity index (χ0v) is 12.4. The van der Waals surface area contributed by atoms with E-state index in [-0.39, 0.29) is 0 Å². The number of carbonyl (C=O) groups is 1. The van der Waals surface area contributed by atoms with E-state index in [1.165, 1.54) is 0 Å². The third-order valence-electron chi connectivity index (χ3n) is 3.73. The van der Waals surface area contributed by atoms with Crippen LogP contribution >= 0.6 is 0 Å². The molecular weight excluding hydrogens is 244 g/mol. The Bertz CT molecular complexity index is 459. The molecule has 1 aromatic rings. The lowest BCUT2D eigenvalue weighted by Gasteiger charge is -2.26. The van der Waals surface area contributed by atoms with Crippen LogP contribution in [0.5, 0.6) is 0 Å². The molecule has 0 saturated carbocycles. The van der Waals surface area contributed by atoms with E-state index in [9.17, 15) is 4.79 Å². The fourth-order valence-corrected chi connectivity index (χ4v) is 2.11. The Kier molecular flexibility index (Phi) is 4.63. The van der Waals surface area contributed by atoms with Crippen LogP contribution in [0, 0.1) is 13.8 Å². The van der Waals surface area contributed by atoms with E-state index < -0.39 is 17.5 Å². The maximum absolute atomic E-state index is 11.1. The molecule has 0 aliphatic carbocycles. The van der Waals surface area contributed by atoms with Crippen molar-refractivity contribution in [1.29, 1.82) is 0 Å². The Balaban J connectivity index is 3.36. The van der Waals surface area contributed by atoms with Crippen molar-refractivity contribution in [3.63, 3.8) is 0 Å². The van der Waals surface area contributed by atoms with Gasteiger partial charge in [0.25, 0.3) is 0 Å². The number of hydrogen-bond acceptors (Lipinski definition) is 4. The van der Waals surface area contributed by atoms with Gasteiger partial charge < -0.3 is 9.84 Å². The van der Waals surface area contributed by atoms with Gasteiger partial charge in [0, 0.05) is 24.1 Å². The molecule has 0 radical (unpaired) electrons. The largest absolute Gasteiger partial charge is 0.481 e. The standard InChI is InChI=1S/C14H22N2O3/c1-7-14(5,19-6)13-15-9(3)11(10(4)16-13)8(2)12(17)18/h8H,7H2,1-6H3,(H,17,18). The van der Waals surface area contributed by atoms with Crippen molar-refractivity contribution in [2.24, 2.45) is 0 Å². The third kappa shape index (κ3) is 2.92. The summed E-state index contributed by atoms with van der Waals surface area (Å²) in [6, 6.07) is 0. The topological polar surface area (TPSA) is 72.3 Å². The average Bonchev–Trinajstić information content (AvgIpc) is 2.36. The van der Waals surface area contributed by atoms with Gasteiger partial charge in [0.2, 0.25) is 0 Å². The van der Waals surface area contributed by atoms with Crippen molar-refractivity contribution in [2.45, 2.75) is 52.6 Å². The fourth-order valence-electron chi connectivity index (χ4n) is 2.11. The lowest BCUT2D eigenvalue weighted by Crippen LogP contribution is -2.28. The van der Waals surface area contributed by atoms with Gasteiger partial charge >= 0.3 is 5.97 Å². The highest BCUT2D eigenvalue weighted by atomic mass is 16.5. The SMILES string of the molecule is CCC(C)(OC)c1nc(C)c(C(C)C(=O)O)c(C)n1. The second-order valence-corrected chi connectivity index (χ2v) is 4.98. The van der Waals surface area contributed by atoms with Crippen LogP contribution in [0.3, 0.4) is 0 Å². The number of hydrogen-bond donors (Lipinski definition) is 1. The molecule has 106 valence electrons. The third-order valence-corrected chi connectivity index (χ3v) is 3.73. The van der Waals surface area contributed by atoms with Gasteiger partial charge in [0.15, 0.2) is 5.82 Å². The molecule has 0 aromatic carbocycles. The summed E-state index contributed by atoms with van der Waals surface area (Å²) in [5.41, 5.74) is 1.55. The predicted molar refractivity (Wildman–Crippen MR) is 72.2 cm³/mol. The van der Waals surface area contributed by atoms with Crippen LogP contribution < -0.4 is 0 Å². The van der Waals surface area contributed by atoms with Crippen LogP contribution in [0.15, 0.2) is 0 Å². The van der Waals surface area contributed by atoms with Crippen LogP contribution in [-0.2, 0) is 15.1 Å². The molecule has 1 N–H and O–H groups in total. The highest BCUT2D eigenvalue weighted by Crippen LogP contribution is 2.28. The quantitative estimate of drug-likeness (QED) is 0.886. The number of methoxy groups -OCH3 is 1. The number of carboxylic acids is 1. The van der Waals surface area contributed by atoms with Gasteiger partial charge in [-0.05, 0) is 34.1 Å². The van der Waals surface area contributed by atoms with Gasteiger partial charge in [-0.2, -0.15) is 0 Å². The summed E-state index contributed by atoms with van der Waals surface area (Å²) < 4.78 is 5.49. The van der Waals surface area contributed by atoms with E-state index in [4.69, 9.17) is 9.84 Å². The summed E-state index contributed by atoms with van der Waals surface area (Å²) in [5, 5.41) is 9.13. The molecule has 1 heterocycles. The van der Waals surface area contributed by atoms with E-state index in [1.807, 2.05) is 27.7 Å². The lowest BCUT2D eigenvalue weighted by atomic mass is 9.96. The van der Waals surface area contributed by atoms with Crippen LogP contribution in [0.4, 0.5) is 0 Å². The first-order valence-electron chi connectivity index (χ1n) is 6.40. The number of aryl methyl sites for hydroxylation is 2. The van der Waals surface area contributed by atoms with Crippen LogP contribution in [-0.4, -0.2) is 28.2 Å². The van der Waals surface area contributed by atoms with E-state index in [0.29, 0.717) is 22.8 Å². The first-order chi connectivity index (χ1) is 8.76. The molecular formula is C14H22N2O3. The molecule has 0 saturated heterocycles. The summed E-state index contributed by atoms with van der Waals surface area (Å²) >= 11 is 0. The monoisotopic (exact) mass is 266 g/mol.